The summed E-state index contributed by atoms with van der Waals surface area (Å²) in [6.45, 7) is 11.3. The Bertz CT molecular complexity index is 140. The molecule has 0 amide bonds. The zero-order valence-corrected chi connectivity index (χ0v) is 10.9. The zero-order valence-electron chi connectivity index (χ0n) is 10.9. The average molecular weight is 217 g/mol. The molecule has 0 aliphatic carbocycles. The molecule has 2 atom stereocenters. The summed E-state index contributed by atoms with van der Waals surface area (Å²) in [5, 5.41) is 3.40. The summed E-state index contributed by atoms with van der Waals surface area (Å²) in [5.41, 5.74) is 0. The molecule has 0 aliphatic rings. The lowest BCUT2D eigenvalue weighted by Gasteiger charge is -2.19. The van der Waals surface area contributed by atoms with E-state index in [4.69, 9.17) is 9.47 Å². The fraction of sp³-hybridized carbons (Fsp3) is 1.00. The molecule has 0 rings (SSSR count). The van der Waals surface area contributed by atoms with Crippen molar-refractivity contribution in [2.75, 3.05) is 26.8 Å². The molecule has 0 aromatic heterocycles. The van der Waals surface area contributed by atoms with E-state index in [1.165, 1.54) is 6.42 Å². The summed E-state index contributed by atoms with van der Waals surface area (Å²) < 4.78 is 10.7. The minimum Gasteiger partial charge on any atom is -0.382 e. The Labute approximate surface area is 94.5 Å². The molecule has 0 fully saturated rings. The van der Waals surface area contributed by atoms with Crippen LogP contribution in [0.15, 0.2) is 0 Å². The van der Waals surface area contributed by atoms with Crippen molar-refractivity contribution >= 4 is 0 Å². The molecule has 0 saturated carbocycles. The smallest absolute Gasteiger partial charge is 0.0784 e. The summed E-state index contributed by atoms with van der Waals surface area (Å²) in [6, 6.07) is 0. The van der Waals surface area contributed by atoms with Gasteiger partial charge in [-0.15, -0.1) is 0 Å². The molecule has 0 saturated heterocycles. The first-order chi connectivity index (χ1) is 7.06. The van der Waals surface area contributed by atoms with Crippen LogP contribution in [-0.4, -0.2) is 39.0 Å². The minimum absolute atomic E-state index is 0.178. The van der Waals surface area contributed by atoms with Crippen LogP contribution in [0.3, 0.4) is 0 Å². The Kier molecular flexibility index (Phi) is 9.06. The maximum atomic E-state index is 5.71. The Morgan fingerprint density at radius 2 is 1.73 bits per heavy atom. The van der Waals surface area contributed by atoms with Crippen LogP contribution in [0.1, 0.15) is 34.1 Å². The van der Waals surface area contributed by atoms with Crippen molar-refractivity contribution < 1.29 is 9.47 Å². The van der Waals surface area contributed by atoms with E-state index in [-0.39, 0.29) is 12.2 Å². The van der Waals surface area contributed by atoms with Crippen LogP contribution in [-0.2, 0) is 9.47 Å². The molecule has 15 heavy (non-hydrogen) atoms. The molecule has 0 heterocycles. The fourth-order valence-corrected chi connectivity index (χ4v) is 1.41. The predicted molar refractivity (Wildman–Crippen MR) is 64.2 cm³/mol. The Morgan fingerprint density at radius 1 is 1.07 bits per heavy atom. The van der Waals surface area contributed by atoms with Gasteiger partial charge in [0.2, 0.25) is 0 Å². The lowest BCUT2D eigenvalue weighted by molar-refractivity contribution is -0.0300. The second-order valence-electron chi connectivity index (χ2n) is 4.60. The summed E-state index contributed by atoms with van der Waals surface area (Å²) >= 11 is 0. The molecule has 1 N–H and O–H groups in total. The van der Waals surface area contributed by atoms with E-state index < -0.39 is 0 Å². The van der Waals surface area contributed by atoms with Gasteiger partial charge in [-0.25, -0.2) is 0 Å². The van der Waals surface area contributed by atoms with Crippen LogP contribution in [0.2, 0.25) is 0 Å². The van der Waals surface area contributed by atoms with Crippen molar-refractivity contribution in [1.82, 2.24) is 5.32 Å². The van der Waals surface area contributed by atoms with E-state index in [9.17, 15) is 0 Å². The van der Waals surface area contributed by atoms with Gasteiger partial charge in [0, 0.05) is 13.7 Å². The second-order valence-corrected chi connectivity index (χ2v) is 4.60. The lowest BCUT2D eigenvalue weighted by Crippen LogP contribution is -2.31. The normalized spacial score (nSPS) is 15.6. The van der Waals surface area contributed by atoms with Crippen LogP contribution in [0.25, 0.3) is 0 Å². The van der Waals surface area contributed by atoms with E-state index in [0.29, 0.717) is 6.61 Å². The van der Waals surface area contributed by atoms with Gasteiger partial charge in [0.25, 0.3) is 0 Å². The molecule has 3 nitrogen and oxygen atoms in total. The molecule has 0 radical (unpaired) electrons. The maximum absolute atomic E-state index is 5.71. The minimum atomic E-state index is 0.178. The predicted octanol–water partition coefficient (Wildman–Crippen LogP) is 2.06. The van der Waals surface area contributed by atoms with Crippen molar-refractivity contribution in [2.24, 2.45) is 5.92 Å². The number of rotatable bonds is 9. The molecule has 2 unspecified atom stereocenters. The van der Waals surface area contributed by atoms with Crippen LogP contribution in [0.5, 0.6) is 0 Å². The number of hydrogen-bond donors (Lipinski definition) is 1. The van der Waals surface area contributed by atoms with Crippen LogP contribution < -0.4 is 5.32 Å². The summed E-state index contributed by atoms with van der Waals surface area (Å²) in [6.07, 6.45) is 1.65. The van der Waals surface area contributed by atoms with Gasteiger partial charge in [-0.1, -0.05) is 13.8 Å². The highest BCUT2D eigenvalue weighted by molar-refractivity contribution is 4.59. The first-order valence-corrected chi connectivity index (χ1v) is 5.91. The second kappa shape index (κ2) is 9.13. The SMILES string of the molecule is COCC(C)OC(C)CNCCC(C)C. The van der Waals surface area contributed by atoms with E-state index in [0.717, 1.165) is 19.0 Å². The van der Waals surface area contributed by atoms with Gasteiger partial charge in [0.05, 0.1) is 18.8 Å². The van der Waals surface area contributed by atoms with Crippen molar-refractivity contribution in [3.05, 3.63) is 0 Å². The highest BCUT2D eigenvalue weighted by atomic mass is 16.5. The third kappa shape index (κ3) is 10.2. The van der Waals surface area contributed by atoms with E-state index in [1.54, 1.807) is 7.11 Å². The highest BCUT2D eigenvalue weighted by Gasteiger charge is 2.07. The van der Waals surface area contributed by atoms with Gasteiger partial charge >= 0.3 is 0 Å². The Hall–Kier alpha value is -0.120. The van der Waals surface area contributed by atoms with E-state index in [2.05, 4.69) is 26.1 Å². The molecule has 92 valence electrons. The third-order valence-corrected chi connectivity index (χ3v) is 2.20. The number of methoxy groups -OCH3 is 1. The first-order valence-electron chi connectivity index (χ1n) is 5.91. The molecule has 0 aliphatic heterocycles. The molecule has 0 aromatic rings. The molecule has 3 heteroatoms. The van der Waals surface area contributed by atoms with Gasteiger partial charge in [-0.3, -0.25) is 0 Å². The summed E-state index contributed by atoms with van der Waals surface area (Å²) in [5.74, 6) is 0.765. The van der Waals surface area contributed by atoms with E-state index >= 15 is 0 Å². The number of hydrogen-bond acceptors (Lipinski definition) is 3. The van der Waals surface area contributed by atoms with Crippen molar-refractivity contribution in [1.29, 1.82) is 0 Å². The van der Waals surface area contributed by atoms with Crippen LogP contribution >= 0.6 is 0 Å². The van der Waals surface area contributed by atoms with Gasteiger partial charge in [0.15, 0.2) is 0 Å². The summed E-state index contributed by atoms with van der Waals surface area (Å²) in [7, 11) is 1.70. The Morgan fingerprint density at radius 3 is 2.27 bits per heavy atom. The van der Waals surface area contributed by atoms with Crippen molar-refractivity contribution in [3.8, 4) is 0 Å². The van der Waals surface area contributed by atoms with Gasteiger partial charge in [0.1, 0.15) is 0 Å². The van der Waals surface area contributed by atoms with Crippen LogP contribution in [0.4, 0.5) is 0 Å². The lowest BCUT2D eigenvalue weighted by atomic mass is 10.1. The molecular formula is C12H27NO2. The third-order valence-electron chi connectivity index (χ3n) is 2.20. The number of ether oxygens (including phenoxy) is 2. The van der Waals surface area contributed by atoms with Gasteiger partial charge < -0.3 is 14.8 Å². The Balaban J connectivity index is 3.36. The van der Waals surface area contributed by atoms with Crippen molar-refractivity contribution in [2.45, 2.75) is 46.3 Å². The summed E-state index contributed by atoms with van der Waals surface area (Å²) in [4.78, 5) is 0. The van der Waals surface area contributed by atoms with E-state index in [1.807, 2.05) is 6.92 Å². The van der Waals surface area contributed by atoms with Gasteiger partial charge in [-0.05, 0) is 32.7 Å². The maximum Gasteiger partial charge on any atom is 0.0784 e. The quantitative estimate of drug-likeness (QED) is 0.600. The molecular weight excluding hydrogens is 190 g/mol. The largest absolute Gasteiger partial charge is 0.382 e. The standard InChI is InChI=1S/C12H27NO2/c1-10(2)6-7-13-8-11(3)15-12(4)9-14-5/h10-13H,6-9H2,1-5H3. The monoisotopic (exact) mass is 217 g/mol. The van der Waals surface area contributed by atoms with Gasteiger partial charge in [-0.2, -0.15) is 0 Å². The topological polar surface area (TPSA) is 30.5 Å². The molecule has 0 bridgehead atoms. The highest BCUT2D eigenvalue weighted by Crippen LogP contribution is 1.99. The first kappa shape index (κ1) is 14.9. The average Bonchev–Trinajstić information content (AvgIpc) is 2.12. The fourth-order valence-electron chi connectivity index (χ4n) is 1.41. The zero-order chi connectivity index (χ0) is 11.7. The molecule has 0 spiro atoms. The van der Waals surface area contributed by atoms with Crippen molar-refractivity contribution in [3.63, 3.8) is 0 Å². The van der Waals surface area contributed by atoms with Crippen LogP contribution in [0, 0.1) is 5.92 Å². The number of nitrogens with one attached hydrogen (secondary N) is 1. The molecule has 0 aromatic carbocycles.